The van der Waals surface area contributed by atoms with E-state index in [4.69, 9.17) is 0 Å². The van der Waals surface area contributed by atoms with Crippen molar-refractivity contribution in [3.63, 3.8) is 0 Å². The Morgan fingerprint density at radius 3 is 1.73 bits per heavy atom. The van der Waals surface area contributed by atoms with Crippen LogP contribution in [0.5, 0.6) is 0 Å². The molecule has 3 N–H and O–H groups in total. The van der Waals surface area contributed by atoms with Gasteiger partial charge in [0.2, 0.25) is 5.91 Å². The molecule has 0 aliphatic heterocycles. The van der Waals surface area contributed by atoms with E-state index in [9.17, 15) is 15.0 Å². The van der Waals surface area contributed by atoms with E-state index in [1.165, 1.54) is 77.0 Å². The highest BCUT2D eigenvalue weighted by molar-refractivity contribution is 5.76. The van der Waals surface area contributed by atoms with E-state index in [2.05, 4.69) is 19.2 Å². The van der Waals surface area contributed by atoms with Gasteiger partial charge in [-0.25, -0.2) is 0 Å². The largest absolute Gasteiger partial charge is 0.394 e. The van der Waals surface area contributed by atoms with Crippen LogP contribution in [0.1, 0.15) is 129 Å². The fourth-order valence-corrected chi connectivity index (χ4v) is 3.70. The van der Waals surface area contributed by atoms with Gasteiger partial charge in [0.05, 0.1) is 18.8 Å². The molecule has 0 heterocycles. The Hall–Kier alpha value is -0.870. The zero-order chi connectivity index (χ0) is 22.3. The molecule has 0 aromatic rings. The van der Waals surface area contributed by atoms with Gasteiger partial charge >= 0.3 is 0 Å². The van der Waals surface area contributed by atoms with Crippen LogP contribution >= 0.6 is 0 Å². The van der Waals surface area contributed by atoms with E-state index in [0.29, 0.717) is 6.42 Å². The predicted octanol–water partition coefficient (Wildman–Crippen LogP) is 6.44. The maximum Gasteiger partial charge on any atom is 0.220 e. The van der Waals surface area contributed by atoms with Crippen molar-refractivity contribution < 1.29 is 15.0 Å². The number of rotatable bonds is 22. The molecule has 0 radical (unpaired) electrons. The molecule has 0 fully saturated rings. The standard InChI is InChI=1S/C26H51NO3/c1-3-5-7-9-10-11-12-13-14-15-16-18-19-21-25(29)24(23-28)27-26(30)22-20-17-8-6-4-2/h19,21,24-25,28-29H,3-18,20,22-23H2,1-2H3,(H,27,30)/b21-19+/t24-,25+/m1/s1. The Kier molecular flexibility index (Phi) is 22.1. The molecule has 0 aliphatic carbocycles. The number of carbonyl (C=O) groups is 1. The second-order valence-electron chi connectivity index (χ2n) is 8.76. The first-order valence-corrected chi connectivity index (χ1v) is 12.9. The number of hydrogen-bond donors (Lipinski definition) is 3. The number of nitrogens with one attached hydrogen (secondary N) is 1. The van der Waals surface area contributed by atoms with Crippen LogP contribution in [-0.2, 0) is 4.79 Å². The smallest absolute Gasteiger partial charge is 0.220 e. The molecule has 0 saturated heterocycles. The van der Waals surface area contributed by atoms with Crippen LogP contribution in [0.25, 0.3) is 0 Å². The van der Waals surface area contributed by atoms with Crippen molar-refractivity contribution in [2.45, 2.75) is 142 Å². The monoisotopic (exact) mass is 425 g/mol. The molecule has 4 nitrogen and oxygen atoms in total. The van der Waals surface area contributed by atoms with E-state index in [-0.39, 0.29) is 12.5 Å². The van der Waals surface area contributed by atoms with Crippen molar-refractivity contribution in [2.75, 3.05) is 6.61 Å². The summed E-state index contributed by atoms with van der Waals surface area (Å²) in [6, 6.07) is -0.610. The van der Waals surface area contributed by atoms with Gasteiger partial charge in [0, 0.05) is 6.42 Å². The first-order chi connectivity index (χ1) is 14.7. The van der Waals surface area contributed by atoms with Crippen LogP contribution < -0.4 is 5.32 Å². The van der Waals surface area contributed by atoms with Crippen LogP contribution in [0.15, 0.2) is 12.2 Å². The van der Waals surface area contributed by atoms with E-state index in [1.54, 1.807) is 6.08 Å². The topological polar surface area (TPSA) is 69.6 Å². The number of hydrogen-bond acceptors (Lipinski definition) is 3. The Bertz CT molecular complexity index is 398. The van der Waals surface area contributed by atoms with Gasteiger partial charge < -0.3 is 15.5 Å². The van der Waals surface area contributed by atoms with E-state index in [1.807, 2.05) is 6.08 Å². The minimum Gasteiger partial charge on any atom is -0.394 e. The van der Waals surface area contributed by atoms with Gasteiger partial charge in [-0.15, -0.1) is 0 Å². The zero-order valence-electron chi connectivity index (χ0n) is 20.0. The Morgan fingerprint density at radius 1 is 0.767 bits per heavy atom. The number of aliphatic hydroxyl groups is 2. The molecule has 4 heteroatoms. The molecule has 0 spiro atoms. The summed E-state index contributed by atoms with van der Waals surface area (Å²) in [5.41, 5.74) is 0. The number of allylic oxidation sites excluding steroid dienone is 1. The summed E-state index contributed by atoms with van der Waals surface area (Å²) in [6.45, 7) is 4.19. The summed E-state index contributed by atoms with van der Waals surface area (Å²) in [5.74, 6) is -0.0802. The summed E-state index contributed by atoms with van der Waals surface area (Å²) < 4.78 is 0. The molecule has 30 heavy (non-hydrogen) atoms. The molecule has 2 atom stereocenters. The summed E-state index contributed by atoms with van der Waals surface area (Å²) in [7, 11) is 0. The molecule has 0 unspecified atom stereocenters. The quantitative estimate of drug-likeness (QED) is 0.138. The van der Waals surface area contributed by atoms with Crippen LogP contribution in [0.4, 0.5) is 0 Å². The number of amides is 1. The highest BCUT2D eigenvalue weighted by atomic mass is 16.3. The second kappa shape index (κ2) is 22.8. The van der Waals surface area contributed by atoms with Gasteiger partial charge in [-0.3, -0.25) is 4.79 Å². The lowest BCUT2D eigenvalue weighted by Gasteiger charge is -2.20. The summed E-state index contributed by atoms with van der Waals surface area (Å²) in [5, 5.41) is 22.5. The van der Waals surface area contributed by atoms with Gasteiger partial charge in [0.1, 0.15) is 0 Å². The van der Waals surface area contributed by atoms with Crippen molar-refractivity contribution in [1.29, 1.82) is 0 Å². The lowest BCUT2D eigenvalue weighted by Crippen LogP contribution is -2.45. The van der Waals surface area contributed by atoms with Gasteiger partial charge in [0.15, 0.2) is 0 Å². The molecule has 0 aromatic carbocycles. The third-order valence-electron chi connectivity index (χ3n) is 5.77. The third-order valence-corrected chi connectivity index (χ3v) is 5.77. The molecular weight excluding hydrogens is 374 g/mol. The van der Waals surface area contributed by atoms with Crippen molar-refractivity contribution in [3.05, 3.63) is 12.2 Å². The second-order valence-corrected chi connectivity index (χ2v) is 8.76. The SMILES string of the molecule is CCCCCCCCCCCCC/C=C/[C@H](O)[C@@H](CO)NC(=O)CCCCCCC. The molecule has 1 amide bonds. The van der Waals surface area contributed by atoms with Crippen molar-refractivity contribution >= 4 is 5.91 Å². The number of aliphatic hydroxyl groups excluding tert-OH is 2. The summed E-state index contributed by atoms with van der Waals surface area (Å²) in [4.78, 5) is 12.0. The Labute approximate surface area is 186 Å². The lowest BCUT2D eigenvalue weighted by molar-refractivity contribution is -0.123. The molecule has 178 valence electrons. The normalized spacial score (nSPS) is 13.6. The highest BCUT2D eigenvalue weighted by Gasteiger charge is 2.17. The lowest BCUT2D eigenvalue weighted by atomic mass is 10.0. The molecular formula is C26H51NO3. The third kappa shape index (κ3) is 19.1. The fraction of sp³-hybridized carbons (Fsp3) is 0.885. The first-order valence-electron chi connectivity index (χ1n) is 12.9. The van der Waals surface area contributed by atoms with E-state index < -0.39 is 12.1 Å². The van der Waals surface area contributed by atoms with Gasteiger partial charge in [-0.1, -0.05) is 116 Å². The van der Waals surface area contributed by atoms with Crippen LogP contribution in [-0.4, -0.2) is 34.9 Å². The minimum atomic E-state index is -0.827. The molecule has 0 bridgehead atoms. The van der Waals surface area contributed by atoms with Gasteiger partial charge in [0.25, 0.3) is 0 Å². The number of carbonyl (C=O) groups excluding carboxylic acids is 1. The Balaban J connectivity index is 3.69. The average molecular weight is 426 g/mol. The minimum absolute atomic E-state index is 0.0802. The van der Waals surface area contributed by atoms with Crippen molar-refractivity contribution in [3.8, 4) is 0 Å². The molecule has 0 aliphatic rings. The zero-order valence-corrected chi connectivity index (χ0v) is 20.0. The molecule has 0 saturated carbocycles. The maximum absolute atomic E-state index is 12.0. The van der Waals surface area contributed by atoms with Crippen molar-refractivity contribution in [1.82, 2.24) is 5.32 Å². The van der Waals surface area contributed by atoms with E-state index >= 15 is 0 Å². The van der Waals surface area contributed by atoms with Gasteiger partial charge in [-0.2, -0.15) is 0 Å². The maximum atomic E-state index is 12.0. The Morgan fingerprint density at radius 2 is 1.23 bits per heavy atom. The van der Waals surface area contributed by atoms with E-state index in [0.717, 1.165) is 32.1 Å². The highest BCUT2D eigenvalue weighted by Crippen LogP contribution is 2.12. The average Bonchev–Trinajstić information content (AvgIpc) is 2.75. The molecule has 0 rings (SSSR count). The van der Waals surface area contributed by atoms with Crippen LogP contribution in [0.3, 0.4) is 0 Å². The number of unbranched alkanes of at least 4 members (excludes halogenated alkanes) is 15. The van der Waals surface area contributed by atoms with Crippen LogP contribution in [0, 0.1) is 0 Å². The first kappa shape index (κ1) is 29.1. The molecule has 0 aromatic heterocycles. The summed E-state index contributed by atoms with van der Waals surface area (Å²) in [6.07, 6.45) is 24.4. The van der Waals surface area contributed by atoms with Crippen molar-refractivity contribution in [2.24, 2.45) is 0 Å². The fourth-order valence-electron chi connectivity index (χ4n) is 3.70. The van der Waals surface area contributed by atoms with Crippen LogP contribution in [0.2, 0.25) is 0 Å². The predicted molar refractivity (Wildman–Crippen MR) is 129 cm³/mol. The summed E-state index contributed by atoms with van der Waals surface area (Å²) >= 11 is 0. The van der Waals surface area contributed by atoms with Gasteiger partial charge in [-0.05, 0) is 19.3 Å².